The van der Waals surface area contributed by atoms with Crippen LogP contribution >= 0.6 is 0 Å². The molecule has 0 bridgehead atoms. The minimum Gasteiger partial charge on any atom is -0.236 e. The standard InChI is InChI=1S/C18H24N2/c1-3-5-7-15-9-11-17(12-10-15)18-19-13-16(14-20-18)8-6-4-2/h9-14H,3-8H2,1-2H3. The second kappa shape index (κ2) is 7.78. The summed E-state index contributed by atoms with van der Waals surface area (Å²) in [5.74, 6) is 0.826. The highest BCUT2D eigenvalue weighted by atomic mass is 14.9. The van der Waals surface area contributed by atoms with Crippen LogP contribution in [-0.2, 0) is 12.8 Å². The molecular formula is C18H24N2. The maximum Gasteiger partial charge on any atom is 0.159 e. The molecule has 1 aromatic heterocycles. The Balaban J connectivity index is 2.03. The van der Waals surface area contributed by atoms with Gasteiger partial charge in [0, 0.05) is 18.0 Å². The zero-order valence-electron chi connectivity index (χ0n) is 12.6. The Morgan fingerprint density at radius 2 is 1.30 bits per heavy atom. The van der Waals surface area contributed by atoms with Crippen molar-refractivity contribution < 1.29 is 0 Å². The van der Waals surface area contributed by atoms with Gasteiger partial charge in [-0.2, -0.15) is 0 Å². The predicted octanol–water partition coefficient (Wildman–Crippen LogP) is 4.83. The number of hydrogen-bond acceptors (Lipinski definition) is 2. The Kier molecular flexibility index (Phi) is 5.72. The van der Waals surface area contributed by atoms with E-state index in [0.717, 1.165) is 24.2 Å². The van der Waals surface area contributed by atoms with E-state index in [0.29, 0.717) is 0 Å². The molecule has 1 aromatic carbocycles. The van der Waals surface area contributed by atoms with E-state index in [4.69, 9.17) is 0 Å². The third kappa shape index (κ3) is 4.16. The summed E-state index contributed by atoms with van der Waals surface area (Å²) in [5.41, 5.74) is 3.73. The number of nitrogens with zero attached hydrogens (tertiary/aromatic N) is 2. The van der Waals surface area contributed by atoms with Crippen LogP contribution in [0.3, 0.4) is 0 Å². The van der Waals surface area contributed by atoms with E-state index >= 15 is 0 Å². The summed E-state index contributed by atoms with van der Waals surface area (Å²) in [7, 11) is 0. The molecule has 0 saturated heterocycles. The smallest absolute Gasteiger partial charge is 0.159 e. The molecule has 0 fully saturated rings. The second-order valence-electron chi connectivity index (χ2n) is 5.32. The van der Waals surface area contributed by atoms with Crippen molar-refractivity contribution in [2.45, 2.75) is 52.4 Å². The lowest BCUT2D eigenvalue weighted by Gasteiger charge is -2.04. The molecule has 0 spiro atoms. The Hall–Kier alpha value is -1.70. The molecule has 2 nitrogen and oxygen atoms in total. The van der Waals surface area contributed by atoms with Gasteiger partial charge in [-0.3, -0.25) is 0 Å². The van der Waals surface area contributed by atoms with Crippen LogP contribution in [0.1, 0.15) is 50.7 Å². The van der Waals surface area contributed by atoms with Crippen LogP contribution in [-0.4, -0.2) is 9.97 Å². The van der Waals surface area contributed by atoms with Crippen LogP contribution in [0.25, 0.3) is 11.4 Å². The van der Waals surface area contributed by atoms with Crippen molar-refractivity contribution in [2.24, 2.45) is 0 Å². The van der Waals surface area contributed by atoms with E-state index in [1.54, 1.807) is 0 Å². The molecule has 2 heteroatoms. The van der Waals surface area contributed by atoms with Crippen molar-refractivity contribution in [3.05, 3.63) is 47.8 Å². The number of rotatable bonds is 7. The number of aromatic nitrogens is 2. The van der Waals surface area contributed by atoms with Gasteiger partial charge in [0.1, 0.15) is 0 Å². The maximum atomic E-state index is 4.48. The first-order valence-corrected chi connectivity index (χ1v) is 7.73. The molecule has 0 aliphatic heterocycles. The summed E-state index contributed by atoms with van der Waals surface area (Å²) in [5, 5.41) is 0. The third-order valence-electron chi connectivity index (χ3n) is 3.56. The Labute approximate surface area is 122 Å². The highest BCUT2D eigenvalue weighted by Crippen LogP contribution is 2.16. The Bertz CT molecular complexity index is 450. The number of aryl methyl sites for hydroxylation is 2. The molecule has 0 aliphatic rings. The first kappa shape index (κ1) is 14.7. The topological polar surface area (TPSA) is 25.8 Å². The molecule has 20 heavy (non-hydrogen) atoms. The minimum atomic E-state index is 0.826. The molecule has 0 unspecified atom stereocenters. The first-order valence-electron chi connectivity index (χ1n) is 7.73. The fourth-order valence-corrected chi connectivity index (χ4v) is 2.22. The summed E-state index contributed by atoms with van der Waals surface area (Å²) < 4.78 is 0. The quantitative estimate of drug-likeness (QED) is 0.719. The summed E-state index contributed by atoms with van der Waals surface area (Å²) in [4.78, 5) is 8.97. The molecule has 1 heterocycles. The predicted molar refractivity (Wildman–Crippen MR) is 84.7 cm³/mol. The largest absolute Gasteiger partial charge is 0.236 e. The molecule has 0 atom stereocenters. The number of unbranched alkanes of at least 4 members (excludes halogenated alkanes) is 2. The van der Waals surface area contributed by atoms with Gasteiger partial charge in [-0.1, -0.05) is 51.0 Å². The van der Waals surface area contributed by atoms with Gasteiger partial charge in [0.15, 0.2) is 5.82 Å². The van der Waals surface area contributed by atoms with Crippen LogP contribution in [0.15, 0.2) is 36.7 Å². The maximum absolute atomic E-state index is 4.48. The molecule has 0 N–H and O–H groups in total. The van der Waals surface area contributed by atoms with Crippen LogP contribution in [0.5, 0.6) is 0 Å². The summed E-state index contributed by atoms with van der Waals surface area (Å²) >= 11 is 0. The van der Waals surface area contributed by atoms with Gasteiger partial charge in [0.2, 0.25) is 0 Å². The van der Waals surface area contributed by atoms with E-state index in [-0.39, 0.29) is 0 Å². The normalized spacial score (nSPS) is 10.7. The van der Waals surface area contributed by atoms with Crippen molar-refractivity contribution in [1.29, 1.82) is 0 Å². The lowest BCUT2D eigenvalue weighted by molar-refractivity contribution is 0.788. The zero-order chi connectivity index (χ0) is 14.2. The van der Waals surface area contributed by atoms with Crippen molar-refractivity contribution in [3.63, 3.8) is 0 Å². The van der Waals surface area contributed by atoms with Crippen LogP contribution < -0.4 is 0 Å². The summed E-state index contributed by atoms with van der Waals surface area (Å²) in [6.45, 7) is 4.43. The van der Waals surface area contributed by atoms with E-state index in [1.807, 2.05) is 12.4 Å². The molecule has 0 saturated carbocycles. The van der Waals surface area contributed by atoms with E-state index in [1.165, 1.54) is 36.8 Å². The van der Waals surface area contributed by atoms with Crippen LogP contribution in [0, 0.1) is 0 Å². The average molecular weight is 268 g/mol. The molecule has 0 radical (unpaired) electrons. The molecule has 0 aliphatic carbocycles. The SMILES string of the molecule is CCCCc1ccc(-c2ncc(CCCC)cn2)cc1. The summed E-state index contributed by atoms with van der Waals surface area (Å²) in [6, 6.07) is 8.65. The highest BCUT2D eigenvalue weighted by Gasteiger charge is 2.02. The van der Waals surface area contributed by atoms with E-state index in [2.05, 4.69) is 48.1 Å². The summed E-state index contributed by atoms with van der Waals surface area (Å²) in [6.07, 6.45) is 11.1. The highest BCUT2D eigenvalue weighted by molar-refractivity contribution is 5.55. The van der Waals surface area contributed by atoms with Gasteiger partial charge in [-0.05, 0) is 36.8 Å². The van der Waals surface area contributed by atoms with Crippen molar-refractivity contribution in [3.8, 4) is 11.4 Å². The lowest BCUT2D eigenvalue weighted by Crippen LogP contribution is -1.93. The van der Waals surface area contributed by atoms with Crippen LogP contribution in [0.4, 0.5) is 0 Å². The van der Waals surface area contributed by atoms with Crippen molar-refractivity contribution >= 4 is 0 Å². The number of benzene rings is 1. The Morgan fingerprint density at radius 1 is 0.750 bits per heavy atom. The fraction of sp³-hybridized carbons (Fsp3) is 0.444. The van der Waals surface area contributed by atoms with Gasteiger partial charge in [-0.15, -0.1) is 0 Å². The lowest BCUT2D eigenvalue weighted by atomic mass is 10.1. The van der Waals surface area contributed by atoms with Crippen LogP contribution in [0.2, 0.25) is 0 Å². The third-order valence-corrected chi connectivity index (χ3v) is 3.56. The van der Waals surface area contributed by atoms with E-state index in [9.17, 15) is 0 Å². The molecule has 106 valence electrons. The zero-order valence-corrected chi connectivity index (χ0v) is 12.6. The minimum absolute atomic E-state index is 0.826. The van der Waals surface area contributed by atoms with Gasteiger partial charge >= 0.3 is 0 Å². The first-order chi connectivity index (χ1) is 9.83. The Morgan fingerprint density at radius 3 is 1.85 bits per heavy atom. The molecule has 2 aromatic rings. The molecule has 2 rings (SSSR count). The average Bonchev–Trinajstić information content (AvgIpc) is 2.52. The molecular weight excluding hydrogens is 244 g/mol. The van der Waals surface area contributed by atoms with Gasteiger partial charge < -0.3 is 0 Å². The van der Waals surface area contributed by atoms with Crippen molar-refractivity contribution in [2.75, 3.05) is 0 Å². The van der Waals surface area contributed by atoms with Gasteiger partial charge in [0.05, 0.1) is 0 Å². The number of hydrogen-bond donors (Lipinski definition) is 0. The van der Waals surface area contributed by atoms with Gasteiger partial charge in [0.25, 0.3) is 0 Å². The van der Waals surface area contributed by atoms with Crippen molar-refractivity contribution in [1.82, 2.24) is 9.97 Å². The second-order valence-corrected chi connectivity index (χ2v) is 5.32. The monoisotopic (exact) mass is 268 g/mol. The fourth-order valence-electron chi connectivity index (χ4n) is 2.22. The molecule has 0 amide bonds. The van der Waals surface area contributed by atoms with E-state index < -0.39 is 0 Å². The van der Waals surface area contributed by atoms with Gasteiger partial charge in [-0.25, -0.2) is 9.97 Å².